The summed E-state index contributed by atoms with van der Waals surface area (Å²) in [7, 11) is 0. The number of thioether (sulfide) groups is 1. The van der Waals surface area contributed by atoms with Gasteiger partial charge in [-0.2, -0.15) is 11.8 Å². The molecule has 3 heteroatoms. The molecule has 98 valence electrons. The van der Waals surface area contributed by atoms with Gasteiger partial charge in [-0.15, -0.1) is 0 Å². The second kappa shape index (κ2) is 5.10. The molecule has 3 atom stereocenters. The van der Waals surface area contributed by atoms with Gasteiger partial charge in [-0.25, -0.2) is 0 Å². The van der Waals surface area contributed by atoms with Crippen LogP contribution in [0.3, 0.4) is 0 Å². The summed E-state index contributed by atoms with van der Waals surface area (Å²) < 4.78 is 0. The molecule has 3 fully saturated rings. The lowest BCUT2D eigenvalue weighted by Crippen LogP contribution is -2.46. The van der Waals surface area contributed by atoms with Crippen LogP contribution in [-0.2, 0) is 0 Å². The summed E-state index contributed by atoms with van der Waals surface area (Å²) in [5, 5.41) is 14.0. The Morgan fingerprint density at radius 3 is 2.76 bits per heavy atom. The Kier molecular flexibility index (Phi) is 3.69. The van der Waals surface area contributed by atoms with Crippen LogP contribution in [0.5, 0.6) is 0 Å². The van der Waals surface area contributed by atoms with Crippen LogP contribution in [0, 0.1) is 11.8 Å². The van der Waals surface area contributed by atoms with Gasteiger partial charge in [0.25, 0.3) is 0 Å². The van der Waals surface area contributed by atoms with Gasteiger partial charge >= 0.3 is 0 Å². The summed E-state index contributed by atoms with van der Waals surface area (Å²) in [6.07, 6.45) is 9.49. The predicted octanol–water partition coefficient (Wildman–Crippen LogP) is 2.41. The zero-order valence-corrected chi connectivity index (χ0v) is 11.5. The maximum Gasteiger partial charge on any atom is 0.0869 e. The van der Waals surface area contributed by atoms with E-state index in [1.54, 1.807) is 0 Å². The van der Waals surface area contributed by atoms with E-state index in [1.165, 1.54) is 38.5 Å². The quantitative estimate of drug-likeness (QED) is 0.809. The summed E-state index contributed by atoms with van der Waals surface area (Å²) >= 11 is 1.89. The minimum atomic E-state index is -0.406. The van der Waals surface area contributed by atoms with E-state index in [2.05, 4.69) is 5.32 Å². The summed E-state index contributed by atoms with van der Waals surface area (Å²) in [5.41, 5.74) is -0.406. The van der Waals surface area contributed by atoms with Crippen molar-refractivity contribution in [1.29, 1.82) is 0 Å². The van der Waals surface area contributed by atoms with E-state index < -0.39 is 5.60 Å². The summed E-state index contributed by atoms with van der Waals surface area (Å²) in [4.78, 5) is 0. The van der Waals surface area contributed by atoms with Crippen LogP contribution >= 0.6 is 11.8 Å². The lowest BCUT2D eigenvalue weighted by molar-refractivity contribution is 0.0612. The van der Waals surface area contributed by atoms with Crippen molar-refractivity contribution in [2.45, 2.75) is 56.6 Å². The van der Waals surface area contributed by atoms with Gasteiger partial charge in [-0.1, -0.05) is 12.8 Å². The highest BCUT2D eigenvalue weighted by molar-refractivity contribution is 7.99. The highest BCUT2D eigenvalue weighted by Crippen LogP contribution is 2.44. The molecule has 0 spiro atoms. The maximum atomic E-state index is 10.3. The fourth-order valence-corrected chi connectivity index (χ4v) is 4.77. The molecule has 1 saturated heterocycles. The average molecular weight is 255 g/mol. The van der Waals surface area contributed by atoms with Crippen LogP contribution in [0.25, 0.3) is 0 Å². The highest BCUT2D eigenvalue weighted by atomic mass is 32.2. The number of rotatable bonds is 4. The summed E-state index contributed by atoms with van der Waals surface area (Å²) in [6.45, 7) is 0.821. The predicted molar refractivity (Wildman–Crippen MR) is 73.4 cm³/mol. The van der Waals surface area contributed by atoms with Gasteiger partial charge < -0.3 is 10.4 Å². The Balaban J connectivity index is 1.44. The van der Waals surface area contributed by atoms with Gasteiger partial charge in [-0.05, 0) is 49.7 Å². The standard InChI is InChI=1S/C14H25NOS/c16-14(6-7-17-10-14)9-15-13-3-1-2-12(8-13)11-4-5-11/h11-13,15-16H,1-10H2. The highest BCUT2D eigenvalue weighted by Gasteiger charge is 2.36. The molecular weight excluding hydrogens is 230 g/mol. The molecule has 2 nitrogen and oxygen atoms in total. The smallest absolute Gasteiger partial charge is 0.0869 e. The van der Waals surface area contributed by atoms with Gasteiger partial charge in [0.1, 0.15) is 0 Å². The van der Waals surface area contributed by atoms with Crippen molar-refractivity contribution < 1.29 is 5.11 Å². The molecule has 3 rings (SSSR count). The molecule has 0 radical (unpaired) electrons. The molecule has 0 aromatic heterocycles. The van der Waals surface area contributed by atoms with E-state index in [4.69, 9.17) is 0 Å². The molecule has 1 aliphatic heterocycles. The van der Waals surface area contributed by atoms with Crippen molar-refractivity contribution in [1.82, 2.24) is 5.32 Å². The van der Waals surface area contributed by atoms with Crippen LogP contribution < -0.4 is 5.32 Å². The molecular formula is C14H25NOS. The van der Waals surface area contributed by atoms with Crippen molar-refractivity contribution in [3.63, 3.8) is 0 Å². The molecule has 1 heterocycles. The summed E-state index contributed by atoms with van der Waals surface area (Å²) in [6, 6.07) is 0.684. The van der Waals surface area contributed by atoms with Crippen LogP contribution in [0.1, 0.15) is 44.9 Å². The van der Waals surface area contributed by atoms with E-state index in [-0.39, 0.29) is 0 Å². The van der Waals surface area contributed by atoms with E-state index in [1.807, 2.05) is 11.8 Å². The zero-order valence-electron chi connectivity index (χ0n) is 10.7. The monoisotopic (exact) mass is 255 g/mol. The topological polar surface area (TPSA) is 32.3 Å². The molecule has 2 aliphatic carbocycles. The first-order chi connectivity index (χ1) is 8.25. The number of hydrogen-bond acceptors (Lipinski definition) is 3. The van der Waals surface area contributed by atoms with Crippen molar-refractivity contribution in [3.05, 3.63) is 0 Å². The summed E-state index contributed by atoms with van der Waals surface area (Å²) in [5.74, 6) is 4.12. The molecule has 0 aromatic carbocycles. The fourth-order valence-electron chi connectivity index (χ4n) is 3.48. The largest absolute Gasteiger partial charge is 0.388 e. The molecule has 0 amide bonds. The van der Waals surface area contributed by atoms with Gasteiger partial charge in [-0.3, -0.25) is 0 Å². The van der Waals surface area contributed by atoms with Gasteiger partial charge in [0.2, 0.25) is 0 Å². The first-order valence-corrected chi connectivity index (χ1v) is 8.44. The molecule has 0 aromatic rings. The number of hydrogen-bond donors (Lipinski definition) is 2. The van der Waals surface area contributed by atoms with Crippen LogP contribution in [0.15, 0.2) is 0 Å². The first kappa shape index (κ1) is 12.3. The lowest BCUT2D eigenvalue weighted by atomic mass is 9.82. The third-order valence-electron chi connectivity index (χ3n) is 4.81. The van der Waals surface area contributed by atoms with Crippen molar-refractivity contribution >= 4 is 11.8 Å². The average Bonchev–Trinajstić information content (AvgIpc) is 3.11. The van der Waals surface area contributed by atoms with Crippen LogP contribution in [0.2, 0.25) is 0 Å². The zero-order chi connectivity index (χ0) is 11.7. The van der Waals surface area contributed by atoms with Gasteiger partial charge in [0.05, 0.1) is 5.60 Å². The fraction of sp³-hybridized carbons (Fsp3) is 1.00. The maximum absolute atomic E-state index is 10.3. The SMILES string of the molecule is OC1(CNC2CCCC(C3CC3)C2)CCSC1. The van der Waals surface area contributed by atoms with Crippen molar-refractivity contribution in [2.75, 3.05) is 18.1 Å². The van der Waals surface area contributed by atoms with E-state index in [9.17, 15) is 5.11 Å². The van der Waals surface area contributed by atoms with Gasteiger partial charge in [0.15, 0.2) is 0 Å². The number of nitrogens with one attached hydrogen (secondary N) is 1. The van der Waals surface area contributed by atoms with E-state index >= 15 is 0 Å². The van der Waals surface area contributed by atoms with Gasteiger partial charge in [0, 0.05) is 18.3 Å². The van der Waals surface area contributed by atoms with E-state index in [0.29, 0.717) is 6.04 Å². The van der Waals surface area contributed by atoms with Crippen molar-refractivity contribution in [3.8, 4) is 0 Å². The Bertz CT molecular complexity index is 261. The molecule has 17 heavy (non-hydrogen) atoms. The second-order valence-electron chi connectivity index (χ2n) is 6.37. The van der Waals surface area contributed by atoms with Crippen molar-refractivity contribution in [2.24, 2.45) is 11.8 Å². The van der Waals surface area contributed by atoms with Crippen LogP contribution in [0.4, 0.5) is 0 Å². The molecule has 2 N–H and O–H groups in total. The normalized spacial score (nSPS) is 42.9. The third kappa shape index (κ3) is 3.18. The first-order valence-electron chi connectivity index (χ1n) is 7.29. The Morgan fingerprint density at radius 1 is 1.18 bits per heavy atom. The Labute approximate surface area is 109 Å². The second-order valence-corrected chi connectivity index (χ2v) is 7.47. The molecule has 3 aliphatic rings. The Hall–Kier alpha value is 0.270. The molecule has 2 saturated carbocycles. The van der Waals surface area contributed by atoms with Crippen LogP contribution in [-0.4, -0.2) is 34.8 Å². The van der Waals surface area contributed by atoms with E-state index in [0.717, 1.165) is 36.3 Å². The lowest BCUT2D eigenvalue weighted by Gasteiger charge is -2.32. The minimum absolute atomic E-state index is 0.406. The molecule has 3 unspecified atom stereocenters. The Morgan fingerprint density at radius 2 is 2.06 bits per heavy atom. The third-order valence-corrected chi connectivity index (χ3v) is 6.04. The number of aliphatic hydroxyl groups is 1. The minimum Gasteiger partial charge on any atom is -0.388 e. The molecule has 0 bridgehead atoms.